The van der Waals surface area contributed by atoms with Gasteiger partial charge >= 0.3 is 6.03 Å². The molecule has 0 spiro atoms. The van der Waals surface area contributed by atoms with Crippen LogP contribution in [0.5, 0.6) is 0 Å². The number of aliphatic hydroxyl groups is 1. The first-order chi connectivity index (χ1) is 12.3. The van der Waals surface area contributed by atoms with Gasteiger partial charge in [0.1, 0.15) is 12.7 Å². The normalized spacial score (nSPS) is 11.7. The zero-order chi connectivity index (χ0) is 17.5. The van der Waals surface area contributed by atoms with Gasteiger partial charge in [0.15, 0.2) is 0 Å². The van der Waals surface area contributed by atoms with Gasteiger partial charge in [-0.3, -0.25) is 0 Å². The molecule has 1 unspecified atom stereocenters. The monoisotopic (exact) mass is 337 g/mol. The van der Waals surface area contributed by atoms with E-state index in [-0.39, 0.29) is 12.6 Å². The van der Waals surface area contributed by atoms with Gasteiger partial charge in [-0.25, -0.2) is 14.5 Å². The Kier molecular flexibility index (Phi) is 5.38. The first-order valence-electron chi connectivity index (χ1n) is 7.90. The average Bonchev–Trinajstić information content (AvgIpc) is 3.15. The summed E-state index contributed by atoms with van der Waals surface area (Å²) in [6.07, 6.45) is 3.09. The molecule has 1 aromatic heterocycles. The van der Waals surface area contributed by atoms with E-state index < -0.39 is 6.04 Å². The van der Waals surface area contributed by atoms with Crippen molar-refractivity contribution in [2.75, 3.05) is 11.9 Å². The Bertz CT molecular complexity index is 805. The van der Waals surface area contributed by atoms with Crippen LogP contribution in [0.1, 0.15) is 17.2 Å². The van der Waals surface area contributed by atoms with E-state index in [2.05, 4.69) is 20.7 Å². The highest BCUT2D eigenvalue weighted by Crippen LogP contribution is 2.17. The summed E-state index contributed by atoms with van der Waals surface area (Å²) in [5.74, 6) is 0. The highest BCUT2D eigenvalue weighted by molar-refractivity contribution is 5.90. The van der Waals surface area contributed by atoms with Crippen molar-refractivity contribution in [1.82, 2.24) is 20.1 Å². The molecule has 0 aliphatic carbocycles. The van der Waals surface area contributed by atoms with Crippen molar-refractivity contribution in [3.05, 3.63) is 78.4 Å². The number of hydrogen-bond donors (Lipinski definition) is 3. The molecule has 25 heavy (non-hydrogen) atoms. The first kappa shape index (κ1) is 16.7. The molecule has 7 heteroatoms. The summed E-state index contributed by atoms with van der Waals surface area (Å²) in [6.45, 7) is 0.316. The average molecular weight is 337 g/mol. The van der Waals surface area contributed by atoms with E-state index in [4.69, 9.17) is 0 Å². The van der Waals surface area contributed by atoms with Gasteiger partial charge in [0.05, 0.1) is 19.2 Å². The molecule has 3 aromatic rings. The third-order valence-corrected chi connectivity index (χ3v) is 3.75. The van der Waals surface area contributed by atoms with Crippen LogP contribution in [-0.2, 0) is 6.54 Å². The van der Waals surface area contributed by atoms with Crippen LogP contribution >= 0.6 is 0 Å². The van der Waals surface area contributed by atoms with Crippen molar-refractivity contribution >= 4 is 11.7 Å². The second kappa shape index (κ2) is 8.07. The van der Waals surface area contributed by atoms with Gasteiger partial charge in [0, 0.05) is 5.69 Å². The molecular formula is C18H19N5O2. The zero-order valence-corrected chi connectivity index (χ0v) is 13.5. The van der Waals surface area contributed by atoms with Crippen molar-refractivity contribution in [3.63, 3.8) is 0 Å². The van der Waals surface area contributed by atoms with E-state index in [1.807, 2.05) is 54.6 Å². The SMILES string of the molecule is O=C(Nc1ccccc1Cn1cncn1)NC(CO)c1ccccc1. The minimum atomic E-state index is -0.469. The fourth-order valence-electron chi connectivity index (χ4n) is 2.51. The van der Waals surface area contributed by atoms with E-state index >= 15 is 0 Å². The lowest BCUT2D eigenvalue weighted by Crippen LogP contribution is -2.34. The molecule has 1 heterocycles. The predicted octanol–water partition coefficient (Wildman–Crippen LogP) is 2.18. The second-order valence-corrected chi connectivity index (χ2v) is 5.49. The molecule has 0 bridgehead atoms. The molecule has 1 atom stereocenters. The molecule has 3 rings (SSSR count). The maximum atomic E-state index is 12.3. The lowest BCUT2D eigenvalue weighted by atomic mass is 10.1. The molecule has 0 fully saturated rings. The van der Waals surface area contributed by atoms with Gasteiger partial charge < -0.3 is 15.7 Å². The summed E-state index contributed by atoms with van der Waals surface area (Å²) in [7, 11) is 0. The number of rotatable bonds is 6. The van der Waals surface area contributed by atoms with Gasteiger partial charge in [-0.15, -0.1) is 0 Å². The number of para-hydroxylation sites is 1. The van der Waals surface area contributed by atoms with Gasteiger partial charge in [-0.1, -0.05) is 48.5 Å². The number of amides is 2. The van der Waals surface area contributed by atoms with Crippen molar-refractivity contribution < 1.29 is 9.90 Å². The number of nitrogens with zero attached hydrogens (tertiary/aromatic N) is 3. The minimum Gasteiger partial charge on any atom is -0.394 e. The van der Waals surface area contributed by atoms with Crippen molar-refractivity contribution in [2.45, 2.75) is 12.6 Å². The number of benzene rings is 2. The molecule has 2 amide bonds. The molecule has 7 nitrogen and oxygen atoms in total. The van der Waals surface area contributed by atoms with Crippen LogP contribution in [0, 0.1) is 0 Å². The Balaban J connectivity index is 1.68. The molecule has 0 aliphatic heterocycles. The number of carbonyl (C=O) groups excluding carboxylic acids is 1. The molecule has 0 aliphatic rings. The lowest BCUT2D eigenvalue weighted by Gasteiger charge is -2.18. The number of carbonyl (C=O) groups is 1. The van der Waals surface area contributed by atoms with Gasteiger partial charge in [0.2, 0.25) is 0 Å². The summed E-state index contributed by atoms with van der Waals surface area (Å²) in [6, 6.07) is 16.0. The Hall–Kier alpha value is -3.19. The summed E-state index contributed by atoms with van der Waals surface area (Å²) in [4.78, 5) is 16.3. The van der Waals surface area contributed by atoms with Crippen LogP contribution in [0.4, 0.5) is 10.5 Å². The summed E-state index contributed by atoms with van der Waals surface area (Å²) >= 11 is 0. The van der Waals surface area contributed by atoms with Crippen molar-refractivity contribution in [1.29, 1.82) is 0 Å². The van der Waals surface area contributed by atoms with Gasteiger partial charge in [-0.2, -0.15) is 5.10 Å². The highest BCUT2D eigenvalue weighted by atomic mass is 16.3. The standard InChI is InChI=1S/C18H19N5O2/c24-11-17(14-6-2-1-3-7-14)22-18(25)21-16-9-5-4-8-15(16)10-23-13-19-12-20-23/h1-9,12-13,17,24H,10-11H2,(H2,21,22,25). The van der Waals surface area contributed by atoms with Crippen LogP contribution in [0.2, 0.25) is 0 Å². The molecule has 0 radical (unpaired) electrons. The quantitative estimate of drug-likeness (QED) is 0.643. The van der Waals surface area contributed by atoms with E-state index in [0.717, 1.165) is 11.1 Å². The second-order valence-electron chi connectivity index (χ2n) is 5.49. The predicted molar refractivity (Wildman–Crippen MR) is 94.0 cm³/mol. The van der Waals surface area contributed by atoms with Crippen LogP contribution in [0.15, 0.2) is 67.3 Å². The Labute approximate surface area is 145 Å². The summed E-state index contributed by atoms with van der Waals surface area (Å²) in [5.41, 5.74) is 2.43. The van der Waals surface area contributed by atoms with E-state index in [1.165, 1.54) is 6.33 Å². The molecular weight excluding hydrogens is 318 g/mol. The topological polar surface area (TPSA) is 92.1 Å². The van der Waals surface area contributed by atoms with Crippen LogP contribution < -0.4 is 10.6 Å². The number of anilines is 1. The van der Waals surface area contributed by atoms with Crippen LogP contribution in [0.3, 0.4) is 0 Å². The van der Waals surface area contributed by atoms with Gasteiger partial charge in [-0.05, 0) is 17.2 Å². The Morgan fingerprint density at radius 2 is 1.88 bits per heavy atom. The van der Waals surface area contributed by atoms with Crippen molar-refractivity contribution in [2.24, 2.45) is 0 Å². The van der Waals surface area contributed by atoms with Crippen LogP contribution in [0.25, 0.3) is 0 Å². The van der Waals surface area contributed by atoms with E-state index in [0.29, 0.717) is 12.2 Å². The first-order valence-corrected chi connectivity index (χ1v) is 7.90. The minimum absolute atomic E-state index is 0.183. The maximum Gasteiger partial charge on any atom is 0.319 e. The lowest BCUT2D eigenvalue weighted by molar-refractivity contribution is 0.225. The number of aromatic nitrogens is 3. The zero-order valence-electron chi connectivity index (χ0n) is 13.5. The third kappa shape index (κ3) is 4.42. The number of hydrogen-bond acceptors (Lipinski definition) is 4. The number of urea groups is 1. The smallest absolute Gasteiger partial charge is 0.319 e. The van der Waals surface area contributed by atoms with Gasteiger partial charge in [0.25, 0.3) is 0 Å². The molecule has 0 saturated carbocycles. The molecule has 128 valence electrons. The van der Waals surface area contributed by atoms with Crippen molar-refractivity contribution in [3.8, 4) is 0 Å². The third-order valence-electron chi connectivity index (χ3n) is 3.75. The molecule has 2 aromatic carbocycles. The van der Waals surface area contributed by atoms with E-state index in [1.54, 1.807) is 11.0 Å². The largest absolute Gasteiger partial charge is 0.394 e. The maximum absolute atomic E-state index is 12.3. The fourth-order valence-corrected chi connectivity index (χ4v) is 2.51. The summed E-state index contributed by atoms with van der Waals surface area (Å²) < 4.78 is 1.68. The highest BCUT2D eigenvalue weighted by Gasteiger charge is 2.14. The molecule has 3 N–H and O–H groups in total. The number of aliphatic hydroxyl groups excluding tert-OH is 1. The molecule has 0 saturated heterocycles. The van der Waals surface area contributed by atoms with Crippen LogP contribution in [-0.4, -0.2) is 32.5 Å². The number of nitrogens with one attached hydrogen (secondary N) is 2. The fraction of sp³-hybridized carbons (Fsp3) is 0.167. The van der Waals surface area contributed by atoms with E-state index in [9.17, 15) is 9.90 Å². The Morgan fingerprint density at radius 3 is 2.60 bits per heavy atom. The Morgan fingerprint density at radius 1 is 1.12 bits per heavy atom. The summed E-state index contributed by atoms with van der Waals surface area (Å²) in [5, 5.41) is 19.3.